The van der Waals surface area contributed by atoms with Gasteiger partial charge in [-0.2, -0.15) is 4.99 Å². The monoisotopic (exact) mass is 418 g/mol. The summed E-state index contributed by atoms with van der Waals surface area (Å²) in [5, 5.41) is 0.643. The molecule has 0 spiro atoms. The van der Waals surface area contributed by atoms with E-state index in [0.717, 1.165) is 10.2 Å². The first-order chi connectivity index (χ1) is 13.7. The summed E-state index contributed by atoms with van der Waals surface area (Å²) in [5.74, 6) is 0.807. The van der Waals surface area contributed by atoms with Crippen LogP contribution in [0.4, 0.5) is 0 Å². The summed E-state index contributed by atoms with van der Waals surface area (Å²) in [7, 11) is 0. The average Bonchev–Trinajstić information content (AvgIpc) is 3.04. The van der Waals surface area contributed by atoms with Crippen LogP contribution in [0.15, 0.2) is 47.5 Å². The lowest BCUT2D eigenvalue weighted by Gasteiger charge is -2.23. The second kappa shape index (κ2) is 8.34. The van der Waals surface area contributed by atoms with Gasteiger partial charge >= 0.3 is 0 Å². The zero-order valence-electron chi connectivity index (χ0n) is 15.3. The van der Waals surface area contributed by atoms with Crippen molar-refractivity contribution in [3.05, 3.63) is 52.3 Å². The number of hydrogen-bond acceptors (Lipinski definition) is 5. The van der Waals surface area contributed by atoms with Crippen molar-refractivity contribution < 1.29 is 19.0 Å². The summed E-state index contributed by atoms with van der Waals surface area (Å²) in [5.41, 5.74) is 0.965. The van der Waals surface area contributed by atoms with E-state index in [-0.39, 0.29) is 12.5 Å². The van der Waals surface area contributed by atoms with Crippen LogP contribution in [0.1, 0.15) is 6.92 Å². The van der Waals surface area contributed by atoms with Crippen LogP contribution in [-0.2, 0) is 16.1 Å². The molecule has 0 N–H and O–H groups in total. The molecular weight excluding hydrogens is 400 g/mol. The van der Waals surface area contributed by atoms with E-state index in [2.05, 4.69) is 4.99 Å². The summed E-state index contributed by atoms with van der Waals surface area (Å²) < 4.78 is 19.8. The predicted molar refractivity (Wildman–Crippen MR) is 108 cm³/mol. The van der Waals surface area contributed by atoms with Crippen molar-refractivity contribution in [1.82, 2.24) is 4.57 Å². The maximum Gasteiger partial charge on any atom is 0.292 e. The molecule has 1 aliphatic rings. The third-order valence-corrected chi connectivity index (χ3v) is 5.57. The Morgan fingerprint density at radius 3 is 2.96 bits per heavy atom. The van der Waals surface area contributed by atoms with Crippen LogP contribution in [-0.4, -0.2) is 36.4 Å². The van der Waals surface area contributed by atoms with Gasteiger partial charge in [-0.3, -0.25) is 4.79 Å². The van der Waals surface area contributed by atoms with E-state index in [1.165, 1.54) is 11.3 Å². The first-order valence-corrected chi connectivity index (χ1v) is 10.2. The van der Waals surface area contributed by atoms with Gasteiger partial charge in [-0.25, -0.2) is 0 Å². The molecule has 0 radical (unpaired) electrons. The molecule has 0 saturated heterocycles. The molecule has 0 saturated carbocycles. The van der Waals surface area contributed by atoms with Crippen LogP contribution in [0.25, 0.3) is 10.2 Å². The molecule has 1 atom stereocenters. The molecule has 1 amide bonds. The molecule has 1 unspecified atom stereocenters. The van der Waals surface area contributed by atoms with E-state index in [4.69, 9.17) is 25.8 Å². The van der Waals surface area contributed by atoms with Crippen molar-refractivity contribution >= 4 is 39.1 Å². The molecule has 2 aromatic carbocycles. The number of ether oxygens (including phenoxy) is 3. The fraction of sp³-hybridized carbons (Fsp3) is 0.300. The van der Waals surface area contributed by atoms with Crippen LogP contribution >= 0.6 is 22.9 Å². The minimum Gasteiger partial charge on any atom is -0.485 e. The Bertz CT molecular complexity index is 1080. The molecule has 6 nitrogen and oxygen atoms in total. The molecule has 28 heavy (non-hydrogen) atoms. The lowest BCUT2D eigenvalue weighted by Crippen LogP contribution is -2.37. The van der Waals surface area contributed by atoms with Gasteiger partial charge in [0.15, 0.2) is 16.3 Å². The van der Waals surface area contributed by atoms with Gasteiger partial charge in [0.25, 0.3) is 5.91 Å². The Kier molecular flexibility index (Phi) is 5.66. The summed E-state index contributed by atoms with van der Waals surface area (Å²) in [6, 6.07) is 12.9. The fourth-order valence-electron chi connectivity index (χ4n) is 2.96. The number of para-hydroxylation sites is 2. The molecule has 4 rings (SSSR count). The number of hydrogen-bond donors (Lipinski definition) is 0. The molecule has 8 heteroatoms. The van der Waals surface area contributed by atoms with Gasteiger partial charge in [-0.05, 0) is 37.3 Å². The quantitative estimate of drug-likeness (QED) is 0.593. The van der Waals surface area contributed by atoms with Gasteiger partial charge in [0.05, 0.1) is 16.8 Å². The molecule has 0 aliphatic carbocycles. The average molecular weight is 419 g/mol. The van der Waals surface area contributed by atoms with Crippen molar-refractivity contribution in [1.29, 1.82) is 0 Å². The van der Waals surface area contributed by atoms with Gasteiger partial charge in [-0.15, -0.1) is 0 Å². The van der Waals surface area contributed by atoms with E-state index < -0.39 is 6.10 Å². The number of thiazole rings is 1. The number of rotatable bonds is 5. The minimum atomic E-state index is -0.774. The highest BCUT2D eigenvalue weighted by Crippen LogP contribution is 2.31. The number of benzene rings is 2. The number of carbonyl (C=O) groups is 1. The largest absolute Gasteiger partial charge is 0.485 e. The van der Waals surface area contributed by atoms with E-state index >= 15 is 0 Å². The summed E-state index contributed by atoms with van der Waals surface area (Å²) in [4.78, 5) is 17.7. The molecule has 3 aromatic rings. The predicted octanol–water partition coefficient (Wildman–Crippen LogP) is 3.66. The summed E-state index contributed by atoms with van der Waals surface area (Å²) in [6.45, 7) is 3.83. The standard InChI is InChI=1S/C20H19ClN2O4S/c1-2-25-10-9-23-14-8-7-13(21)11-18(14)28-20(23)22-19(24)17-12-26-15-5-3-4-6-16(15)27-17/h3-8,11,17H,2,9-10,12H2,1H3. The van der Waals surface area contributed by atoms with Crippen LogP contribution in [0, 0.1) is 0 Å². The third kappa shape index (κ3) is 3.92. The van der Waals surface area contributed by atoms with E-state index in [1.54, 1.807) is 6.07 Å². The van der Waals surface area contributed by atoms with Crippen LogP contribution in [0.2, 0.25) is 5.02 Å². The Morgan fingerprint density at radius 1 is 1.32 bits per heavy atom. The number of fused-ring (bicyclic) bond motifs is 2. The molecule has 1 aliphatic heterocycles. The second-order valence-electron chi connectivity index (χ2n) is 6.16. The normalized spacial score (nSPS) is 16.5. The molecular formula is C20H19ClN2O4S. The molecule has 2 heterocycles. The maximum absolute atomic E-state index is 12.8. The molecule has 1 aromatic heterocycles. The van der Waals surface area contributed by atoms with Gasteiger partial charge in [0.2, 0.25) is 6.10 Å². The van der Waals surface area contributed by atoms with Gasteiger partial charge in [0, 0.05) is 18.2 Å². The van der Waals surface area contributed by atoms with Crippen molar-refractivity contribution in [3.8, 4) is 11.5 Å². The second-order valence-corrected chi connectivity index (χ2v) is 7.61. The third-order valence-electron chi connectivity index (χ3n) is 4.30. The van der Waals surface area contributed by atoms with Crippen LogP contribution in [0.5, 0.6) is 11.5 Å². The number of nitrogens with zero attached hydrogens (tertiary/aromatic N) is 2. The number of aromatic nitrogens is 1. The van der Waals surface area contributed by atoms with Gasteiger partial charge in [-0.1, -0.05) is 35.1 Å². The van der Waals surface area contributed by atoms with E-state index in [9.17, 15) is 4.79 Å². The Hall–Kier alpha value is -2.35. The van der Waals surface area contributed by atoms with E-state index in [0.29, 0.717) is 41.1 Å². The molecule has 146 valence electrons. The minimum absolute atomic E-state index is 0.134. The zero-order chi connectivity index (χ0) is 19.5. The Balaban J connectivity index is 1.66. The van der Waals surface area contributed by atoms with Gasteiger partial charge in [0.1, 0.15) is 6.61 Å². The first-order valence-electron chi connectivity index (χ1n) is 8.99. The number of carbonyl (C=O) groups excluding carboxylic acids is 1. The molecule has 0 fully saturated rings. The topological polar surface area (TPSA) is 62.1 Å². The van der Waals surface area contributed by atoms with Crippen LogP contribution in [0.3, 0.4) is 0 Å². The van der Waals surface area contributed by atoms with Crippen molar-refractivity contribution in [2.24, 2.45) is 4.99 Å². The lowest BCUT2D eigenvalue weighted by atomic mass is 10.2. The maximum atomic E-state index is 12.8. The van der Waals surface area contributed by atoms with Crippen molar-refractivity contribution in [2.75, 3.05) is 19.8 Å². The summed E-state index contributed by atoms with van der Waals surface area (Å²) in [6.07, 6.45) is -0.774. The smallest absolute Gasteiger partial charge is 0.292 e. The van der Waals surface area contributed by atoms with Crippen molar-refractivity contribution in [2.45, 2.75) is 19.6 Å². The van der Waals surface area contributed by atoms with Gasteiger partial charge < -0.3 is 18.8 Å². The lowest BCUT2D eigenvalue weighted by molar-refractivity contribution is -0.127. The fourth-order valence-corrected chi connectivity index (χ4v) is 4.29. The zero-order valence-corrected chi connectivity index (χ0v) is 16.8. The van der Waals surface area contributed by atoms with E-state index in [1.807, 2.05) is 47.9 Å². The number of amides is 1. The highest BCUT2D eigenvalue weighted by atomic mass is 35.5. The van der Waals surface area contributed by atoms with Crippen LogP contribution < -0.4 is 14.3 Å². The Morgan fingerprint density at radius 2 is 2.14 bits per heavy atom. The summed E-state index contributed by atoms with van der Waals surface area (Å²) >= 11 is 7.53. The Labute approximate surface area is 170 Å². The molecule has 0 bridgehead atoms. The first kappa shape index (κ1) is 19.0. The highest BCUT2D eigenvalue weighted by molar-refractivity contribution is 7.16. The number of halogens is 1. The van der Waals surface area contributed by atoms with Crippen molar-refractivity contribution in [3.63, 3.8) is 0 Å². The highest BCUT2D eigenvalue weighted by Gasteiger charge is 2.27. The SMILES string of the molecule is CCOCCn1c(=NC(=O)C2COc3ccccc3O2)sc2cc(Cl)ccc21.